The molecule has 0 amide bonds. The van der Waals surface area contributed by atoms with Crippen molar-refractivity contribution in [1.82, 2.24) is 4.90 Å². The van der Waals surface area contributed by atoms with E-state index in [1.165, 1.54) is 11.1 Å². The SMILES string of the molecule is COc1cccc(C[C@@H]2CN(Cc3ccoc3)CCO2)c1. The van der Waals surface area contributed by atoms with Gasteiger partial charge < -0.3 is 13.9 Å². The van der Waals surface area contributed by atoms with Crippen LogP contribution in [0.25, 0.3) is 0 Å². The summed E-state index contributed by atoms with van der Waals surface area (Å²) in [6.45, 7) is 3.63. The molecule has 1 atom stereocenters. The minimum atomic E-state index is 0.234. The number of hydrogen-bond donors (Lipinski definition) is 0. The molecule has 0 aliphatic carbocycles. The van der Waals surface area contributed by atoms with Crippen molar-refractivity contribution in [3.63, 3.8) is 0 Å². The zero-order valence-electron chi connectivity index (χ0n) is 12.3. The lowest BCUT2D eigenvalue weighted by Crippen LogP contribution is -2.42. The van der Waals surface area contributed by atoms with Crippen LogP contribution in [0.4, 0.5) is 0 Å². The molecule has 21 heavy (non-hydrogen) atoms. The molecule has 1 aliphatic heterocycles. The lowest BCUT2D eigenvalue weighted by Gasteiger charge is -2.32. The Balaban J connectivity index is 1.58. The van der Waals surface area contributed by atoms with E-state index in [1.807, 2.05) is 24.5 Å². The molecule has 1 aromatic carbocycles. The lowest BCUT2D eigenvalue weighted by atomic mass is 10.1. The fourth-order valence-corrected chi connectivity index (χ4v) is 2.75. The maximum absolute atomic E-state index is 5.90. The molecule has 0 N–H and O–H groups in total. The normalized spacial score (nSPS) is 19.6. The molecule has 1 aliphatic rings. The lowest BCUT2D eigenvalue weighted by molar-refractivity contribution is -0.0305. The highest BCUT2D eigenvalue weighted by Gasteiger charge is 2.21. The van der Waals surface area contributed by atoms with Crippen LogP contribution in [0.5, 0.6) is 5.75 Å². The standard InChI is InChI=1S/C17H21NO3/c1-19-16-4-2-3-14(9-16)10-17-12-18(6-8-21-17)11-15-5-7-20-13-15/h2-5,7,9,13,17H,6,8,10-12H2,1H3/t17-/m1/s1. The van der Waals surface area contributed by atoms with E-state index in [9.17, 15) is 0 Å². The molecular weight excluding hydrogens is 266 g/mol. The summed E-state index contributed by atoms with van der Waals surface area (Å²) >= 11 is 0. The van der Waals surface area contributed by atoms with Gasteiger partial charge in [-0.05, 0) is 23.8 Å². The van der Waals surface area contributed by atoms with E-state index >= 15 is 0 Å². The Bertz CT molecular complexity index is 553. The van der Waals surface area contributed by atoms with Gasteiger partial charge in [0.1, 0.15) is 5.75 Å². The second kappa shape index (κ2) is 6.78. The molecule has 0 bridgehead atoms. The van der Waals surface area contributed by atoms with Gasteiger partial charge in [-0.3, -0.25) is 4.90 Å². The Kier molecular flexibility index (Phi) is 4.58. The number of benzene rings is 1. The van der Waals surface area contributed by atoms with E-state index in [0.717, 1.165) is 38.4 Å². The zero-order chi connectivity index (χ0) is 14.5. The number of morpholine rings is 1. The Morgan fingerprint density at radius 1 is 1.29 bits per heavy atom. The summed E-state index contributed by atoms with van der Waals surface area (Å²) < 4.78 is 16.3. The van der Waals surface area contributed by atoms with Gasteiger partial charge in [-0.1, -0.05) is 12.1 Å². The number of nitrogens with zero attached hydrogens (tertiary/aromatic N) is 1. The second-order valence-corrected chi connectivity index (χ2v) is 5.42. The van der Waals surface area contributed by atoms with E-state index in [2.05, 4.69) is 17.0 Å². The summed E-state index contributed by atoms with van der Waals surface area (Å²) in [6.07, 6.45) is 4.69. The highest BCUT2D eigenvalue weighted by molar-refractivity contribution is 5.28. The van der Waals surface area contributed by atoms with Gasteiger partial charge >= 0.3 is 0 Å². The Morgan fingerprint density at radius 3 is 3.05 bits per heavy atom. The molecule has 1 aromatic heterocycles. The monoisotopic (exact) mass is 287 g/mol. The number of ether oxygens (including phenoxy) is 2. The molecule has 2 aromatic rings. The first kappa shape index (κ1) is 14.2. The number of rotatable bonds is 5. The van der Waals surface area contributed by atoms with Gasteiger partial charge in [0.05, 0.1) is 32.3 Å². The molecule has 0 unspecified atom stereocenters. The molecule has 3 rings (SSSR count). The van der Waals surface area contributed by atoms with Crippen molar-refractivity contribution in [3.05, 3.63) is 54.0 Å². The van der Waals surface area contributed by atoms with Crippen LogP contribution in [0.15, 0.2) is 47.3 Å². The minimum absolute atomic E-state index is 0.234. The first-order valence-electron chi connectivity index (χ1n) is 7.31. The maximum atomic E-state index is 5.90. The van der Waals surface area contributed by atoms with Crippen molar-refractivity contribution in [1.29, 1.82) is 0 Å². The molecule has 0 radical (unpaired) electrons. The molecule has 112 valence electrons. The largest absolute Gasteiger partial charge is 0.497 e. The average Bonchev–Trinajstić information content (AvgIpc) is 3.01. The summed E-state index contributed by atoms with van der Waals surface area (Å²) in [4.78, 5) is 2.42. The zero-order valence-corrected chi connectivity index (χ0v) is 12.3. The van der Waals surface area contributed by atoms with Crippen molar-refractivity contribution < 1.29 is 13.9 Å². The minimum Gasteiger partial charge on any atom is -0.497 e. The fourth-order valence-electron chi connectivity index (χ4n) is 2.75. The summed E-state index contributed by atoms with van der Waals surface area (Å²) in [6, 6.07) is 10.2. The number of methoxy groups -OCH3 is 1. The van der Waals surface area contributed by atoms with Gasteiger partial charge in [-0.2, -0.15) is 0 Å². The van der Waals surface area contributed by atoms with Crippen LogP contribution in [0.1, 0.15) is 11.1 Å². The Morgan fingerprint density at radius 2 is 2.24 bits per heavy atom. The van der Waals surface area contributed by atoms with Crippen LogP contribution in [0.3, 0.4) is 0 Å². The average molecular weight is 287 g/mol. The van der Waals surface area contributed by atoms with Crippen LogP contribution in [-0.4, -0.2) is 37.8 Å². The van der Waals surface area contributed by atoms with Gasteiger partial charge in [0.15, 0.2) is 0 Å². The molecule has 1 saturated heterocycles. The van der Waals surface area contributed by atoms with E-state index in [4.69, 9.17) is 13.9 Å². The predicted molar refractivity (Wildman–Crippen MR) is 80.4 cm³/mol. The highest BCUT2D eigenvalue weighted by Crippen LogP contribution is 2.18. The Labute approximate surface area is 125 Å². The van der Waals surface area contributed by atoms with Crippen molar-refractivity contribution >= 4 is 0 Å². The third-order valence-corrected chi connectivity index (χ3v) is 3.81. The molecular formula is C17H21NO3. The van der Waals surface area contributed by atoms with Gasteiger partial charge in [-0.15, -0.1) is 0 Å². The Hall–Kier alpha value is -1.78. The molecule has 4 heteroatoms. The van der Waals surface area contributed by atoms with Crippen LogP contribution < -0.4 is 4.74 Å². The molecule has 2 heterocycles. The van der Waals surface area contributed by atoms with Crippen molar-refractivity contribution in [2.24, 2.45) is 0 Å². The smallest absolute Gasteiger partial charge is 0.119 e. The van der Waals surface area contributed by atoms with Crippen LogP contribution in [0.2, 0.25) is 0 Å². The van der Waals surface area contributed by atoms with E-state index in [0.29, 0.717) is 0 Å². The topological polar surface area (TPSA) is 34.8 Å². The van der Waals surface area contributed by atoms with Gasteiger partial charge in [0, 0.05) is 31.6 Å². The van der Waals surface area contributed by atoms with Crippen LogP contribution >= 0.6 is 0 Å². The molecule has 0 saturated carbocycles. The summed E-state index contributed by atoms with van der Waals surface area (Å²) in [5.74, 6) is 0.901. The number of hydrogen-bond acceptors (Lipinski definition) is 4. The highest BCUT2D eigenvalue weighted by atomic mass is 16.5. The second-order valence-electron chi connectivity index (χ2n) is 5.42. The fraction of sp³-hybridized carbons (Fsp3) is 0.412. The summed E-state index contributed by atoms with van der Waals surface area (Å²) in [5.41, 5.74) is 2.47. The summed E-state index contributed by atoms with van der Waals surface area (Å²) in [5, 5.41) is 0. The van der Waals surface area contributed by atoms with Crippen molar-refractivity contribution in [3.8, 4) is 5.75 Å². The van der Waals surface area contributed by atoms with E-state index in [1.54, 1.807) is 13.4 Å². The van der Waals surface area contributed by atoms with Crippen molar-refractivity contribution in [2.45, 2.75) is 19.1 Å². The van der Waals surface area contributed by atoms with Gasteiger partial charge in [0.2, 0.25) is 0 Å². The van der Waals surface area contributed by atoms with Gasteiger partial charge in [-0.25, -0.2) is 0 Å². The summed E-state index contributed by atoms with van der Waals surface area (Å²) in [7, 11) is 1.70. The third kappa shape index (κ3) is 3.86. The first-order valence-corrected chi connectivity index (χ1v) is 7.31. The van der Waals surface area contributed by atoms with E-state index in [-0.39, 0.29) is 6.10 Å². The molecule has 4 nitrogen and oxygen atoms in total. The van der Waals surface area contributed by atoms with Gasteiger partial charge in [0.25, 0.3) is 0 Å². The van der Waals surface area contributed by atoms with Crippen LogP contribution in [-0.2, 0) is 17.7 Å². The quantitative estimate of drug-likeness (QED) is 0.847. The third-order valence-electron chi connectivity index (χ3n) is 3.81. The van der Waals surface area contributed by atoms with E-state index < -0.39 is 0 Å². The van der Waals surface area contributed by atoms with Crippen molar-refractivity contribution in [2.75, 3.05) is 26.8 Å². The first-order chi connectivity index (χ1) is 10.3. The predicted octanol–water partition coefficient (Wildman–Crippen LogP) is 2.73. The molecule has 1 fully saturated rings. The molecule has 0 spiro atoms. The number of furan rings is 1. The maximum Gasteiger partial charge on any atom is 0.119 e. The van der Waals surface area contributed by atoms with Crippen LogP contribution in [0, 0.1) is 0 Å².